The number of aliphatic carboxylic acids is 1. The molecule has 1 aliphatic carbocycles. The number of aromatic nitrogens is 1. The minimum absolute atomic E-state index is 0.274. The van der Waals surface area contributed by atoms with Crippen LogP contribution in [-0.4, -0.2) is 22.0 Å². The van der Waals surface area contributed by atoms with Gasteiger partial charge < -0.3 is 10.4 Å². The molecule has 0 spiro atoms. The second kappa shape index (κ2) is 4.06. The first kappa shape index (κ1) is 12.5. The molecule has 1 aliphatic rings. The molecule has 2 unspecified atom stereocenters. The SMILES string of the molecule is CC1(C)C(C(=O)O)C1C(=O)Nc1ncc(Br)s1. The van der Waals surface area contributed by atoms with E-state index >= 15 is 0 Å². The third-order valence-electron chi connectivity index (χ3n) is 3.08. The van der Waals surface area contributed by atoms with Gasteiger partial charge in [-0.15, -0.1) is 0 Å². The average molecular weight is 319 g/mol. The third-order valence-corrected chi connectivity index (χ3v) is 4.48. The average Bonchev–Trinajstić information content (AvgIpc) is 2.54. The second-order valence-corrected chi connectivity index (χ2v) is 6.98. The number of amides is 1. The van der Waals surface area contributed by atoms with Crippen LogP contribution in [0.5, 0.6) is 0 Å². The summed E-state index contributed by atoms with van der Waals surface area (Å²) in [5.74, 6) is -2.28. The van der Waals surface area contributed by atoms with Crippen molar-refractivity contribution in [2.45, 2.75) is 13.8 Å². The highest BCUT2D eigenvalue weighted by molar-refractivity contribution is 9.11. The van der Waals surface area contributed by atoms with Gasteiger partial charge in [-0.25, -0.2) is 4.98 Å². The Labute approximate surface area is 110 Å². The molecule has 0 bridgehead atoms. The normalized spacial score (nSPS) is 25.4. The summed E-state index contributed by atoms with van der Waals surface area (Å²) in [6.07, 6.45) is 1.59. The van der Waals surface area contributed by atoms with Crippen LogP contribution in [0.2, 0.25) is 0 Å². The number of hydrogen-bond acceptors (Lipinski definition) is 4. The first-order valence-corrected chi connectivity index (χ1v) is 6.60. The zero-order valence-electron chi connectivity index (χ0n) is 9.23. The summed E-state index contributed by atoms with van der Waals surface area (Å²) in [7, 11) is 0. The molecule has 0 saturated heterocycles. The highest BCUT2D eigenvalue weighted by atomic mass is 79.9. The van der Waals surface area contributed by atoms with Crippen LogP contribution >= 0.6 is 27.3 Å². The number of thiazole rings is 1. The molecule has 17 heavy (non-hydrogen) atoms. The lowest BCUT2D eigenvalue weighted by Gasteiger charge is -2.01. The maximum Gasteiger partial charge on any atom is 0.307 e. The second-order valence-electron chi connectivity index (χ2n) is 4.57. The van der Waals surface area contributed by atoms with Crippen molar-refractivity contribution < 1.29 is 14.7 Å². The quantitative estimate of drug-likeness (QED) is 0.895. The van der Waals surface area contributed by atoms with Gasteiger partial charge in [-0.3, -0.25) is 9.59 Å². The van der Waals surface area contributed by atoms with Crippen molar-refractivity contribution in [2.24, 2.45) is 17.3 Å². The monoisotopic (exact) mass is 318 g/mol. The van der Waals surface area contributed by atoms with Crippen molar-refractivity contribution >= 4 is 44.3 Å². The molecule has 1 aromatic rings. The fourth-order valence-electron chi connectivity index (χ4n) is 2.08. The van der Waals surface area contributed by atoms with E-state index in [4.69, 9.17) is 5.11 Å². The van der Waals surface area contributed by atoms with E-state index in [1.807, 2.05) is 0 Å². The number of carbonyl (C=O) groups is 2. The lowest BCUT2D eigenvalue weighted by Crippen LogP contribution is -2.17. The molecule has 1 saturated carbocycles. The molecule has 0 aliphatic heterocycles. The van der Waals surface area contributed by atoms with E-state index in [0.717, 1.165) is 3.79 Å². The van der Waals surface area contributed by atoms with Gasteiger partial charge in [0.15, 0.2) is 5.13 Å². The van der Waals surface area contributed by atoms with E-state index in [1.54, 1.807) is 20.0 Å². The maximum absolute atomic E-state index is 11.9. The zero-order valence-corrected chi connectivity index (χ0v) is 11.6. The summed E-state index contributed by atoms with van der Waals surface area (Å²) < 4.78 is 0.817. The Morgan fingerprint density at radius 3 is 2.59 bits per heavy atom. The van der Waals surface area contributed by atoms with Gasteiger partial charge in [0.2, 0.25) is 5.91 Å². The predicted molar refractivity (Wildman–Crippen MR) is 66.8 cm³/mol. The van der Waals surface area contributed by atoms with Gasteiger partial charge in [-0.2, -0.15) is 0 Å². The molecular weight excluding hydrogens is 308 g/mol. The van der Waals surface area contributed by atoms with Crippen molar-refractivity contribution in [1.29, 1.82) is 0 Å². The minimum Gasteiger partial charge on any atom is -0.481 e. The number of hydrogen-bond donors (Lipinski definition) is 2. The zero-order chi connectivity index (χ0) is 12.8. The molecule has 2 atom stereocenters. The molecule has 0 radical (unpaired) electrons. The van der Waals surface area contributed by atoms with Crippen molar-refractivity contribution in [3.05, 3.63) is 9.98 Å². The lowest BCUT2D eigenvalue weighted by atomic mass is 10.1. The van der Waals surface area contributed by atoms with E-state index in [1.165, 1.54) is 11.3 Å². The maximum atomic E-state index is 11.9. The van der Waals surface area contributed by atoms with E-state index in [2.05, 4.69) is 26.2 Å². The van der Waals surface area contributed by atoms with Crippen LogP contribution in [0, 0.1) is 17.3 Å². The molecule has 5 nitrogen and oxygen atoms in total. The molecule has 1 heterocycles. The van der Waals surface area contributed by atoms with Crippen molar-refractivity contribution in [2.75, 3.05) is 5.32 Å². The van der Waals surface area contributed by atoms with E-state index in [-0.39, 0.29) is 5.91 Å². The van der Waals surface area contributed by atoms with Crippen molar-refractivity contribution in [3.8, 4) is 0 Å². The summed E-state index contributed by atoms with van der Waals surface area (Å²) in [5, 5.41) is 12.1. The van der Waals surface area contributed by atoms with Gasteiger partial charge in [0.1, 0.15) is 0 Å². The van der Waals surface area contributed by atoms with Gasteiger partial charge >= 0.3 is 5.97 Å². The molecule has 1 aromatic heterocycles. The summed E-state index contributed by atoms with van der Waals surface area (Å²) in [4.78, 5) is 26.8. The standard InChI is InChI=1S/C10H11BrN2O3S/c1-10(2)5(6(10)8(15)16)7(14)13-9-12-3-4(11)17-9/h3,5-6H,1-2H3,(H,15,16)(H,12,13,14). The minimum atomic E-state index is -0.921. The topological polar surface area (TPSA) is 79.3 Å². The number of nitrogens with zero attached hydrogens (tertiary/aromatic N) is 1. The van der Waals surface area contributed by atoms with Crippen LogP contribution in [0.1, 0.15) is 13.8 Å². The number of anilines is 1. The highest BCUT2D eigenvalue weighted by Gasteiger charge is 2.65. The number of rotatable bonds is 3. The largest absolute Gasteiger partial charge is 0.481 e. The van der Waals surface area contributed by atoms with E-state index in [0.29, 0.717) is 5.13 Å². The fourth-order valence-corrected chi connectivity index (χ4v) is 3.19. The molecule has 92 valence electrons. The Balaban J connectivity index is 2.05. The summed E-state index contributed by atoms with van der Waals surface area (Å²) >= 11 is 4.54. The fraction of sp³-hybridized carbons (Fsp3) is 0.500. The van der Waals surface area contributed by atoms with Crippen LogP contribution in [-0.2, 0) is 9.59 Å². The van der Waals surface area contributed by atoms with Gasteiger partial charge in [-0.1, -0.05) is 25.2 Å². The lowest BCUT2D eigenvalue weighted by molar-refractivity contribution is -0.140. The number of halogens is 1. The smallest absolute Gasteiger partial charge is 0.307 e. The van der Waals surface area contributed by atoms with Gasteiger partial charge in [0.25, 0.3) is 0 Å². The van der Waals surface area contributed by atoms with E-state index < -0.39 is 23.2 Å². The Morgan fingerprint density at radius 1 is 1.53 bits per heavy atom. The first-order valence-electron chi connectivity index (χ1n) is 4.99. The van der Waals surface area contributed by atoms with Gasteiger partial charge in [0.05, 0.1) is 21.8 Å². The predicted octanol–water partition coefficient (Wildman–Crippen LogP) is 2.20. The highest BCUT2D eigenvalue weighted by Crippen LogP contribution is 2.58. The molecule has 1 fully saturated rings. The number of carboxylic acid groups (broad SMARTS) is 1. The van der Waals surface area contributed by atoms with Crippen LogP contribution < -0.4 is 5.32 Å². The molecule has 2 N–H and O–H groups in total. The molecule has 2 rings (SSSR count). The number of carboxylic acids is 1. The van der Waals surface area contributed by atoms with Crippen LogP contribution in [0.3, 0.4) is 0 Å². The van der Waals surface area contributed by atoms with Crippen molar-refractivity contribution in [1.82, 2.24) is 4.98 Å². The third kappa shape index (κ3) is 2.21. The van der Waals surface area contributed by atoms with Crippen molar-refractivity contribution in [3.63, 3.8) is 0 Å². The van der Waals surface area contributed by atoms with Crippen LogP contribution in [0.4, 0.5) is 5.13 Å². The van der Waals surface area contributed by atoms with Gasteiger partial charge in [0, 0.05) is 0 Å². The van der Waals surface area contributed by atoms with Crippen LogP contribution in [0.15, 0.2) is 9.98 Å². The summed E-state index contributed by atoms with van der Waals surface area (Å²) in [6, 6.07) is 0. The van der Waals surface area contributed by atoms with E-state index in [9.17, 15) is 9.59 Å². The molecule has 0 aromatic carbocycles. The summed E-state index contributed by atoms with van der Waals surface area (Å²) in [6.45, 7) is 3.57. The Bertz CT molecular complexity index is 486. The Kier molecular flexibility index (Phi) is 2.99. The Hall–Kier alpha value is -0.950. The number of carbonyl (C=O) groups excluding carboxylic acids is 1. The molecular formula is C10H11BrN2O3S. The first-order chi connectivity index (χ1) is 7.84. The molecule has 1 amide bonds. The molecule has 7 heteroatoms. The number of nitrogens with one attached hydrogen (secondary N) is 1. The Morgan fingerprint density at radius 2 is 2.18 bits per heavy atom. The van der Waals surface area contributed by atoms with Gasteiger partial charge in [-0.05, 0) is 21.3 Å². The summed E-state index contributed by atoms with van der Waals surface area (Å²) in [5.41, 5.74) is -0.482. The van der Waals surface area contributed by atoms with Crippen LogP contribution in [0.25, 0.3) is 0 Å².